The van der Waals surface area contributed by atoms with Crippen molar-refractivity contribution < 1.29 is 18.3 Å². The number of benzene rings is 2. The van der Waals surface area contributed by atoms with Crippen molar-refractivity contribution in [2.24, 2.45) is 0 Å². The van der Waals surface area contributed by atoms with Crippen LogP contribution in [0.2, 0.25) is 0 Å². The second-order valence-electron chi connectivity index (χ2n) is 7.98. The minimum Gasteiger partial charge on any atom is -0.396 e. The molecule has 0 bridgehead atoms. The molecular formula is C26H27N3O4S. The predicted octanol–water partition coefficient (Wildman–Crippen LogP) is 3.26. The molecule has 1 amide bonds. The van der Waals surface area contributed by atoms with Crippen molar-refractivity contribution >= 4 is 22.0 Å². The van der Waals surface area contributed by atoms with E-state index < -0.39 is 10.0 Å². The van der Waals surface area contributed by atoms with Crippen LogP contribution in [-0.2, 0) is 10.0 Å². The van der Waals surface area contributed by atoms with Crippen LogP contribution in [0.4, 0.5) is 0 Å². The van der Waals surface area contributed by atoms with Crippen molar-refractivity contribution in [3.63, 3.8) is 0 Å². The highest BCUT2D eigenvalue weighted by Gasteiger charge is 2.31. The normalized spacial score (nSPS) is 15.3. The van der Waals surface area contributed by atoms with Gasteiger partial charge in [0, 0.05) is 56.5 Å². The van der Waals surface area contributed by atoms with E-state index in [0.717, 1.165) is 16.8 Å². The minimum absolute atomic E-state index is 0.0407. The standard InChI is InChI=1S/C26H27N3O4S/c30-19-13-24(20-21-6-2-1-3-7-21)34(32,33)29-17-15-28(16-18-29)26(31)23-11-9-22(10-12-23)25-8-4-5-14-27-25/h1-12,14,20,30H,13,15-19H2/b24-20-. The van der Waals surface area contributed by atoms with Crippen molar-refractivity contribution in [2.45, 2.75) is 6.42 Å². The Balaban J connectivity index is 1.42. The number of aromatic nitrogens is 1. The predicted molar refractivity (Wildman–Crippen MR) is 132 cm³/mol. The average molecular weight is 478 g/mol. The van der Waals surface area contributed by atoms with Crippen molar-refractivity contribution in [3.8, 4) is 11.3 Å². The number of sulfonamides is 1. The van der Waals surface area contributed by atoms with Gasteiger partial charge in [0.05, 0.1) is 10.6 Å². The number of piperazine rings is 1. The summed E-state index contributed by atoms with van der Waals surface area (Å²) >= 11 is 0. The fourth-order valence-corrected chi connectivity index (χ4v) is 5.53. The van der Waals surface area contributed by atoms with Gasteiger partial charge in [-0.05, 0) is 35.9 Å². The maximum atomic E-state index is 13.2. The fraction of sp³-hybridized carbons (Fsp3) is 0.231. The number of carbonyl (C=O) groups excluding carboxylic acids is 1. The molecule has 0 radical (unpaired) electrons. The third-order valence-corrected chi connectivity index (χ3v) is 7.80. The Morgan fingerprint density at radius 1 is 0.912 bits per heavy atom. The lowest BCUT2D eigenvalue weighted by atomic mass is 10.1. The van der Waals surface area contributed by atoms with Crippen LogP contribution in [0, 0.1) is 0 Å². The van der Waals surface area contributed by atoms with E-state index in [-0.39, 0.29) is 36.9 Å². The maximum absolute atomic E-state index is 13.2. The number of amides is 1. The van der Waals surface area contributed by atoms with Gasteiger partial charge in [0.1, 0.15) is 0 Å². The summed E-state index contributed by atoms with van der Waals surface area (Å²) in [6.45, 7) is 0.760. The Hall–Kier alpha value is -3.33. The molecule has 0 atom stereocenters. The second kappa shape index (κ2) is 10.7. The molecule has 8 heteroatoms. The number of rotatable bonds is 7. The summed E-state index contributed by atoms with van der Waals surface area (Å²) < 4.78 is 27.9. The van der Waals surface area contributed by atoms with E-state index in [4.69, 9.17) is 0 Å². The van der Waals surface area contributed by atoms with E-state index in [9.17, 15) is 18.3 Å². The average Bonchev–Trinajstić information content (AvgIpc) is 2.89. The molecule has 1 N–H and O–H groups in total. The van der Waals surface area contributed by atoms with E-state index in [1.807, 2.05) is 60.7 Å². The molecule has 1 aliphatic heterocycles. The summed E-state index contributed by atoms with van der Waals surface area (Å²) in [6.07, 6.45) is 3.37. The number of nitrogens with zero attached hydrogens (tertiary/aromatic N) is 3. The van der Waals surface area contributed by atoms with Crippen LogP contribution in [0.25, 0.3) is 17.3 Å². The highest BCUT2D eigenvalue weighted by molar-refractivity contribution is 7.93. The van der Waals surface area contributed by atoms with Gasteiger partial charge in [-0.2, -0.15) is 4.31 Å². The molecule has 0 unspecified atom stereocenters. The molecule has 3 aromatic rings. The molecule has 0 aliphatic carbocycles. The summed E-state index contributed by atoms with van der Waals surface area (Å²) in [7, 11) is -3.74. The van der Waals surface area contributed by atoms with Gasteiger partial charge in [0.2, 0.25) is 10.0 Å². The Morgan fingerprint density at radius 3 is 2.21 bits per heavy atom. The van der Waals surface area contributed by atoms with Crippen LogP contribution in [-0.4, -0.2) is 66.4 Å². The van der Waals surface area contributed by atoms with Crippen molar-refractivity contribution in [2.75, 3.05) is 32.8 Å². The molecule has 2 heterocycles. The summed E-state index contributed by atoms with van der Waals surface area (Å²) in [6, 6.07) is 22.1. The smallest absolute Gasteiger partial charge is 0.253 e. The first-order valence-corrected chi connectivity index (χ1v) is 12.6. The van der Waals surface area contributed by atoms with Gasteiger partial charge in [-0.25, -0.2) is 8.42 Å². The molecule has 1 fully saturated rings. The first-order chi connectivity index (χ1) is 16.5. The monoisotopic (exact) mass is 477 g/mol. The first kappa shape index (κ1) is 23.8. The molecule has 4 rings (SSSR count). The fourth-order valence-electron chi connectivity index (χ4n) is 3.92. The Kier molecular flexibility index (Phi) is 7.52. The lowest BCUT2D eigenvalue weighted by Crippen LogP contribution is -2.50. The zero-order valence-corrected chi connectivity index (χ0v) is 19.6. The van der Waals surface area contributed by atoms with E-state index in [1.54, 1.807) is 29.3 Å². The molecule has 0 spiro atoms. The highest BCUT2D eigenvalue weighted by Crippen LogP contribution is 2.23. The maximum Gasteiger partial charge on any atom is 0.253 e. The van der Waals surface area contributed by atoms with Gasteiger partial charge in [-0.1, -0.05) is 48.5 Å². The van der Waals surface area contributed by atoms with Gasteiger partial charge in [-0.15, -0.1) is 0 Å². The topological polar surface area (TPSA) is 90.8 Å². The van der Waals surface area contributed by atoms with Gasteiger partial charge in [0.15, 0.2) is 0 Å². The molecule has 7 nitrogen and oxygen atoms in total. The molecule has 1 aliphatic rings. The van der Waals surface area contributed by atoms with E-state index in [2.05, 4.69) is 4.98 Å². The van der Waals surface area contributed by atoms with Crippen molar-refractivity contribution in [1.29, 1.82) is 0 Å². The Bertz CT molecular complexity index is 1240. The number of hydrogen-bond acceptors (Lipinski definition) is 5. The SMILES string of the molecule is O=C(c1ccc(-c2ccccn2)cc1)N1CCN(S(=O)(=O)/C(=C\c2ccccc2)CCO)CC1. The molecule has 2 aromatic carbocycles. The Morgan fingerprint density at radius 2 is 1.59 bits per heavy atom. The Labute approximate surface area is 200 Å². The second-order valence-corrected chi connectivity index (χ2v) is 9.97. The van der Waals surface area contributed by atoms with Crippen LogP contribution < -0.4 is 0 Å². The number of aliphatic hydroxyl groups is 1. The van der Waals surface area contributed by atoms with E-state index in [0.29, 0.717) is 18.7 Å². The van der Waals surface area contributed by atoms with Gasteiger partial charge in [0.25, 0.3) is 5.91 Å². The molecule has 1 aromatic heterocycles. The number of hydrogen-bond donors (Lipinski definition) is 1. The van der Waals surface area contributed by atoms with Crippen LogP contribution in [0.15, 0.2) is 83.9 Å². The molecular weight excluding hydrogens is 450 g/mol. The first-order valence-electron chi connectivity index (χ1n) is 11.2. The number of carbonyl (C=O) groups is 1. The summed E-state index contributed by atoms with van der Waals surface area (Å²) in [4.78, 5) is 19.1. The van der Waals surface area contributed by atoms with Gasteiger partial charge >= 0.3 is 0 Å². The van der Waals surface area contributed by atoms with Crippen molar-refractivity contribution in [1.82, 2.24) is 14.2 Å². The lowest BCUT2D eigenvalue weighted by Gasteiger charge is -2.34. The van der Waals surface area contributed by atoms with Crippen LogP contribution in [0.5, 0.6) is 0 Å². The van der Waals surface area contributed by atoms with E-state index >= 15 is 0 Å². The highest BCUT2D eigenvalue weighted by atomic mass is 32.2. The molecule has 1 saturated heterocycles. The van der Waals surface area contributed by atoms with Crippen molar-refractivity contribution in [3.05, 3.63) is 95.0 Å². The van der Waals surface area contributed by atoms with Gasteiger partial charge in [-0.3, -0.25) is 9.78 Å². The summed E-state index contributed by atoms with van der Waals surface area (Å²) in [5.74, 6) is -0.125. The zero-order valence-electron chi connectivity index (χ0n) is 18.7. The van der Waals surface area contributed by atoms with Gasteiger partial charge < -0.3 is 10.0 Å². The van der Waals surface area contributed by atoms with Crippen LogP contribution >= 0.6 is 0 Å². The molecule has 176 valence electrons. The summed E-state index contributed by atoms with van der Waals surface area (Å²) in [5, 5.41) is 9.43. The number of pyridine rings is 1. The third kappa shape index (κ3) is 5.41. The zero-order chi connectivity index (χ0) is 24.0. The minimum atomic E-state index is -3.74. The lowest BCUT2D eigenvalue weighted by molar-refractivity contribution is 0.0698. The number of aliphatic hydroxyl groups excluding tert-OH is 1. The van der Waals surface area contributed by atoms with E-state index in [1.165, 1.54) is 4.31 Å². The van der Waals surface area contributed by atoms with Crippen LogP contribution in [0.1, 0.15) is 22.3 Å². The summed E-state index contributed by atoms with van der Waals surface area (Å²) in [5.41, 5.74) is 3.08. The largest absolute Gasteiger partial charge is 0.396 e. The third-order valence-electron chi connectivity index (χ3n) is 5.78. The molecule has 0 saturated carbocycles. The van der Waals surface area contributed by atoms with Crippen LogP contribution in [0.3, 0.4) is 0 Å². The quantitative estimate of drug-likeness (QED) is 0.564. The molecule has 34 heavy (non-hydrogen) atoms.